The zero-order valence-corrected chi connectivity index (χ0v) is 17.8. The van der Waals surface area contributed by atoms with Crippen LogP contribution < -0.4 is 10.1 Å². The Kier molecular flexibility index (Phi) is 5.09. The molecule has 8 heteroatoms. The lowest BCUT2D eigenvalue weighted by Crippen LogP contribution is -2.48. The lowest BCUT2D eigenvalue weighted by atomic mass is 9.82. The normalized spacial score (nSPS) is 18.1. The number of halogens is 2. The molecule has 1 fully saturated rings. The van der Waals surface area contributed by atoms with E-state index in [9.17, 15) is 8.78 Å². The molecule has 0 unspecified atom stereocenters. The van der Waals surface area contributed by atoms with Gasteiger partial charge in [-0.2, -0.15) is 5.10 Å². The van der Waals surface area contributed by atoms with Gasteiger partial charge in [0.15, 0.2) is 0 Å². The number of hydrogen-bond acceptors (Lipinski definition) is 5. The van der Waals surface area contributed by atoms with E-state index in [2.05, 4.69) is 39.3 Å². The van der Waals surface area contributed by atoms with Crippen LogP contribution in [0.15, 0.2) is 48.8 Å². The van der Waals surface area contributed by atoms with E-state index in [-0.39, 0.29) is 17.1 Å². The summed E-state index contributed by atoms with van der Waals surface area (Å²) in [5.41, 5.74) is 2.11. The predicted molar refractivity (Wildman–Crippen MR) is 118 cm³/mol. The summed E-state index contributed by atoms with van der Waals surface area (Å²) in [6.07, 6.45) is 4.09. The Morgan fingerprint density at radius 1 is 1.09 bits per heavy atom. The highest BCUT2D eigenvalue weighted by Gasteiger charge is 2.34. The molecular weight excluding hydrogens is 412 g/mol. The second kappa shape index (κ2) is 7.94. The third-order valence-electron chi connectivity index (χ3n) is 5.97. The summed E-state index contributed by atoms with van der Waals surface area (Å²) in [6.45, 7) is 6.07. The molecule has 1 aliphatic rings. The van der Waals surface area contributed by atoms with Gasteiger partial charge < -0.3 is 10.1 Å². The van der Waals surface area contributed by atoms with E-state index in [1.165, 1.54) is 18.2 Å². The minimum absolute atomic E-state index is 0.0138. The van der Waals surface area contributed by atoms with Crippen LogP contribution in [0, 0.1) is 17.0 Å². The van der Waals surface area contributed by atoms with Crippen LogP contribution in [0.25, 0.3) is 33.4 Å². The molecule has 0 bridgehead atoms. The fourth-order valence-electron chi connectivity index (χ4n) is 4.17. The topological polar surface area (TPSA) is 75.7 Å². The molecule has 2 aromatic heterocycles. The molecule has 0 spiro atoms. The van der Waals surface area contributed by atoms with Gasteiger partial charge >= 0.3 is 0 Å². The Bertz CT molecular complexity index is 1270. The van der Waals surface area contributed by atoms with Crippen molar-refractivity contribution in [1.82, 2.24) is 25.5 Å². The summed E-state index contributed by atoms with van der Waals surface area (Å²) < 4.78 is 34.8. The number of ether oxygens (including phenoxy) is 1. The number of nitrogens with zero attached hydrogens (tertiary/aromatic N) is 3. The number of rotatable bonds is 4. The number of aromatic nitrogens is 4. The maximum Gasteiger partial charge on any atom is 0.233 e. The monoisotopic (exact) mass is 435 g/mol. The number of benzene rings is 2. The molecule has 2 aromatic carbocycles. The van der Waals surface area contributed by atoms with Gasteiger partial charge in [-0.05, 0) is 42.8 Å². The van der Waals surface area contributed by atoms with Crippen molar-refractivity contribution in [2.75, 3.05) is 13.1 Å². The van der Waals surface area contributed by atoms with Gasteiger partial charge in [0.2, 0.25) is 5.88 Å². The van der Waals surface area contributed by atoms with Crippen molar-refractivity contribution in [2.45, 2.75) is 26.4 Å². The van der Waals surface area contributed by atoms with Crippen LogP contribution in [-0.4, -0.2) is 39.4 Å². The molecule has 0 radical (unpaired) electrons. The zero-order valence-electron chi connectivity index (χ0n) is 17.8. The fourth-order valence-corrected chi connectivity index (χ4v) is 4.17. The molecule has 0 saturated carbocycles. The molecule has 0 amide bonds. The van der Waals surface area contributed by atoms with Gasteiger partial charge in [-0.3, -0.25) is 10.1 Å². The van der Waals surface area contributed by atoms with Crippen molar-refractivity contribution in [3.8, 4) is 28.4 Å². The predicted octanol–water partition coefficient (Wildman–Crippen LogP) is 4.73. The summed E-state index contributed by atoms with van der Waals surface area (Å²) >= 11 is 0. The minimum Gasteiger partial charge on any atom is -0.473 e. The van der Waals surface area contributed by atoms with Gasteiger partial charge in [-0.15, -0.1) is 0 Å². The maximum absolute atomic E-state index is 14.3. The van der Waals surface area contributed by atoms with Crippen molar-refractivity contribution >= 4 is 10.9 Å². The van der Waals surface area contributed by atoms with Crippen molar-refractivity contribution < 1.29 is 13.5 Å². The number of piperidine rings is 1. The second-order valence-corrected chi connectivity index (χ2v) is 8.73. The van der Waals surface area contributed by atoms with E-state index in [1.807, 2.05) is 0 Å². The quantitative estimate of drug-likeness (QED) is 0.485. The number of H-pyrrole nitrogens is 1. The largest absolute Gasteiger partial charge is 0.473 e. The zero-order chi connectivity index (χ0) is 22.3. The van der Waals surface area contributed by atoms with Crippen molar-refractivity contribution in [3.63, 3.8) is 0 Å². The van der Waals surface area contributed by atoms with Crippen LogP contribution >= 0.6 is 0 Å². The third-order valence-corrected chi connectivity index (χ3v) is 5.97. The van der Waals surface area contributed by atoms with Crippen molar-refractivity contribution in [2.24, 2.45) is 5.41 Å². The Labute approximate surface area is 184 Å². The molecule has 32 heavy (non-hydrogen) atoms. The highest BCUT2D eigenvalue weighted by Crippen LogP contribution is 2.33. The number of nitrogens with one attached hydrogen (secondary N) is 2. The lowest BCUT2D eigenvalue weighted by molar-refractivity contribution is 0.0412. The van der Waals surface area contributed by atoms with E-state index in [0.29, 0.717) is 28.2 Å². The number of fused-ring (bicyclic) bond motifs is 1. The van der Waals surface area contributed by atoms with Crippen LogP contribution in [0.5, 0.6) is 5.88 Å². The summed E-state index contributed by atoms with van der Waals surface area (Å²) in [4.78, 5) is 8.92. The molecule has 164 valence electrons. The maximum atomic E-state index is 14.3. The van der Waals surface area contributed by atoms with Gasteiger partial charge in [0.1, 0.15) is 29.1 Å². The van der Waals surface area contributed by atoms with E-state index in [1.54, 1.807) is 30.6 Å². The molecule has 6 nitrogen and oxygen atoms in total. The standard InChI is InChI=1S/C24H23F2N5O/c1-24(2)13-27-9-8-20(24)32-21-12-28-11-19(29-21)23-15-10-14(6-7-18(15)30-31-23)22-16(25)4-3-5-17(22)26/h3-7,10-12,20,27H,8-9,13H2,1-2H3,(H,30,31)/t20-/m1/s1. The van der Waals surface area contributed by atoms with Crippen LogP contribution in [0.2, 0.25) is 0 Å². The SMILES string of the molecule is CC1(C)CNCC[C@H]1Oc1cncc(-c2n[nH]c3ccc(-c4c(F)cccc4F)cc23)n1. The summed E-state index contributed by atoms with van der Waals surface area (Å²) in [5, 5.41) is 11.4. The van der Waals surface area contributed by atoms with Gasteiger partial charge in [-0.25, -0.2) is 13.8 Å². The van der Waals surface area contributed by atoms with E-state index in [0.717, 1.165) is 25.0 Å². The first-order chi connectivity index (χ1) is 15.4. The van der Waals surface area contributed by atoms with E-state index < -0.39 is 11.6 Å². The van der Waals surface area contributed by atoms with Gasteiger partial charge in [0, 0.05) is 17.3 Å². The number of aromatic amines is 1. The molecule has 1 atom stereocenters. The van der Waals surface area contributed by atoms with Crippen molar-refractivity contribution in [3.05, 3.63) is 60.4 Å². The van der Waals surface area contributed by atoms with Crippen LogP contribution in [0.4, 0.5) is 8.78 Å². The van der Waals surface area contributed by atoms with Crippen molar-refractivity contribution in [1.29, 1.82) is 0 Å². The molecule has 1 saturated heterocycles. The first kappa shape index (κ1) is 20.5. The highest BCUT2D eigenvalue weighted by atomic mass is 19.1. The molecule has 3 heterocycles. The molecule has 2 N–H and O–H groups in total. The molecule has 0 aliphatic carbocycles. The molecule has 5 rings (SSSR count). The average molecular weight is 435 g/mol. The molecular formula is C24H23F2N5O. The first-order valence-electron chi connectivity index (χ1n) is 10.5. The molecule has 4 aromatic rings. The lowest BCUT2D eigenvalue weighted by Gasteiger charge is -2.38. The summed E-state index contributed by atoms with van der Waals surface area (Å²) in [7, 11) is 0. The van der Waals surface area contributed by atoms with Crippen LogP contribution in [-0.2, 0) is 0 Å². The van der Waals surface area contributed by atoms with Gasteiger partial charge in [0.05, 0.1) is 23.5 Å². The smallest absolute Gasteiger partial charge is 0.233 e. The van der Waals surface area contributed by atoms with E-state index in [4.69, 9.17) is 4.74 Å². The minimum atomic E-state index is -0.617. The number of hydrogen-bond donors (Lipinski definition) is 2. The first-order valence-corrected chi connectivity index (χ1v) is 10.5. The highest BCUT2D eigenvalue weighted by molar-refractivity contribution is 5.94. The Hall–Kier alpha value is -3.39. The Morgan fingerprint density at radius 2 is 1.91 bits per heavy atom. The Morgan fingerprint density at radius 3 is 2.69 bits per heavy atom. The average Bonchev–Trinajstić information content (AvgIpc) is 3.19. The molecule has 1 aliphatic heterocycles. The third kappa shape index (κ3) is 3.71. The fraction of sp³-hybridized carbons (Fsp3) is 0.292. The van der Waals surface area contributed by atoms with Gasteiger partial charge in [0.25, 0.3) is 0 Å². The van der Waals surface area contributed by atoms with E-state index >= 15 is 0 Å². The second-order valence-electron chi connectivity index (χ2n) is 8.73. The summed E-state index contributed by atoms with van der Waals surface area (Å²) in [5.74, 6) is -0.807. The summed E-state index contributed by atoms with van der Waals surface area (Å²) in [6, 6.07) is 8.96. The van der Waals surface area contributed by atoms with Crippen LogP contribution in [0.1, 0.15) is 20.3 Å². The van der Waals surface area contributed by atoms with Gasteiger partial charge in [-0.1, -0.05) is 26.0 Å². The Balaban J connectivity index is 1.52. The van der Waals surface area contributed by atoms with Crippen LogP contribution in [0.3, 0.4) is 0 Å².